The van der Waals surface area contributed by atoms with E-state index in [1.54, 1.807) is 36.5 Å². The number of aromatic nitrogens is 1. The van der Waals surface area contributed by atoms with Gasteiger partial charge in [-0.1, -0.05) is 30.3 Å². The molecule has 3 rings (SSSR count). The molecule has 0 spiro atoms. The Labute approximate surface area is 146 Å². The maximum atomic E-state index is 12.6. The van der Waals surface area contributed by atoms with Crippen molar-refractivity contribution >= 4 is 26.6 Å². The summed E-state index contributed by atoms with van der Waals surface area (Å²) in [4.78, 5) is 17.2. The molecule has 1 amide bonds. The maximum Gasteiger partial charge on any atom is 0.253 e. The van der Waals surface area contributed by atoms with Gasteiger partial charge in [0, 0.05) is 17.8 Å². The Hall–Kier alpha value is -2.73. The fraction of sp³-hybridized carbons (Fsp3) is 0.158. The van der Waals surface area contributed by atoms with Gasteiger partial charge in [0.25, 0.3) is 5.91 Å². The highest BCUT2D eigenvalue weighted by Crippen LogP contribution is 2.19. The highest BCUT2D eigenvalue weighted by molar-refractivity contribution is 7.90. The lowest BCUT2D eigenvalue weighted by atomic mass is 10.1. The SMILES string of the molecule is C[C@H](NC(=O)c1cccc2cccnc12)c1ccc(S(C)(=O)=O)cc1. The molecule has 128 valence electrons. The molecule has 0 aliphatic carbocycles. The third-order valence-electron chi connectivity index (χ3n) is 4.03. The predicted octanol–water partition coefficient (Wildman–Crippen LogP) is 3.13. The lowest BCUT2D eigenvalue weighted by Crippen LogP contribution is -2.27. The van der Waals surface area contributed by atoms with E-state index in [-0.39, 0.29) is 16.8 Å². The summed E-state index contributed by atoms with van der Waals surface area (Å²) >= 11 is 0. The second-order valence-electron chi connectivity index (χ2n) is 5.92. The van der Waals surface area contributed by atoms with Crippen LogP contribution < -0.4 is 5.32 Å². The first kappa shape index (κ1) is 17.1. The van der Waals surface area contributed by atoms with Gasteiger partial charge in [-0.15, -0.1) is 0 Å². The second kappa shape index (κ2) is 6.64. The van der Waals surface area contributed by atoms with E-state index in [2.05, 4.69) is 10.3 Å². The van der Waals surface area contributed by atoms with Crippen LogP contribution in [0.3, 0.4) is 0 Å². The summed E-state index contributed by atoms with van der Waals surface area (Å²) in [6, 6.07) is 15.5. The van der Waals surface area contributed by atoms with Gasteiger partial charge in [0.1, 0.15) is 0 Å². The summed E-state index contributed by atoms with van der Waals surface area (Å²) in [5, 5.41) is 3.84. The van der Waals surface area contributed by atoms with Gasteiger partial charge in [-0.05, 0) is 36.8 Å². The number of amides is 1. The minimum absolute atomic E-state index is 0.219. The zero-order valence-electron chi connectivity index (χ0n) is 13.9. The number of pyridine rings is 1. The highest BCUT2D eigenvalue weighted by atomic mass is 32.2. The van der Waals surface area contributed by atoms with Crippen molar-refractivity contribution < 1.29 is 13.2 Å². The summed E-state index contributed by atoms with van der Waals surface area (Å²) in [7, 11) is -3.23. The van der Waals surface area contributed by atoms with Gasteiger partial charge >= 0.3 is 0 Å². The number of carbonyl (C=O) groups is 1. The first-order chi connectivity index (χ1) is 11.9. The first-order valence-corrected chi connectivity index (χ1v) is 9.70. The summed E-state index contributed by atoms with van der Waals surface area (Å²) in [5.74, 6) is -0.219. The molecule has 1 atom stereocenters. The van der Waals surface area contributed by atoms with Gasteiger partial charge in [-0.2, -0.15) is 0 Å². The molecule has 0 saturated heterocycles. The second-order valence-corrected chi connectivity index (χ2v) is 7.93. The van der Waals surface area contributed by atoms with Gasteiger partial charge in [0.05, 0.1) is 22.0 Å². The van der Waals surface area contributed by atoms with Crippen molar-refractivity contribution in [2.45, 2.75) is 17.9 Å². The molecule has 5 nitrogen and oxygen atoms in total. The van der Waals surface area contributed by atoms with Gasteiger partial charge in [0.2, 0.25) is 0 Å². The van der Waals surface area contributed by atoms with E-state index in [0.717, 1.165) is 10.9 Å². The van der Waals surface area contributed by atoms with Crippen LogP contribution in [0.2, 0.25) is 0 Å². The zero-order valence-corrected chi connectivity index (χ0v) is 14.7. The van der Waals surface area contributed by atoms with E-state index < -0.39 is 9.84 Å². The largest absolute Gasteiger partial charge is 0.345 e. The standard InChI is InChI=1S/C19H18N2O3S/c1-13(14-8-10-16(11-9-14)25(2,23)24)21-19(22)17-7-3-5-15-6-4-12-20-18(15)17/h3-13H,1-2H3,(H,21,22)/t13-/m0/s1. The monoisotopic (exact) mass is 354 g/mol. The topological polar surface area (TPSA) is 76.1 Å². The van der Waals surface area contributed by atoms with E-state index >= 15 is 0 Å². The molecule has 3 aromatic rings. The molecule has 1 N–H and O–H groups in total. The van der Waals surface area contributed by atoms with Crippen LogP contribution >= 0.6 is 0 Å². The smallest absolute Gasteiger partial charge is 0.253 e. The summed E-state index contributed by atoms with van der Waals surface area (Å²) in [5.41, 5.74) is 1.99. The summed E-state index contributed by atoms with van der Waals surface area (Å²) in [6.45, 7) is 1.85. The number of nitrogens with one attached hydrogen (secondary N) is 1. The highest BCUT2D eigenvalue weighted by Gasteiger charge is 2.15. The molecule has 6 heteroatoms. The van der Waals surface area contributed by atoms with E-state index in [9.17, 15) is 13.2 Å². The number of para-hydroxylation sites is 1. The fourth-order valence-corrected chi connectivity index (χ4v) is 3.28. The van der Waals surface area contributed by atoms with E-state index in [0.29, 0.717) is 11.1 Å². The molecule has 0 fully saturated rings. The van der Waals surface area contributed by atoms with Crippen LogP contribution in [0.1, 0.15) is 28.9 Å². The molecule has 0 aliphatic heterocycles. The Morgan fingerprint density at radius 2 is 1.72 bits per heavy atom. The van der Waals surface area contributed by atoms with Gasteiger partial charge in [-0.3, -0.25) is 9.78 Å². The average Bonchev–Trinajstić information content (AvgIpc) is 2.60. The molecular formula is C19H18N2O3S. The molecule has 2 aromatic carbocycles. The van der Waals surface area contributed by atoms with Crippen LogP contribution in [0.4, 0.5) is 0 Å². The number of sulfone groups is 1. The lowest BCUT2D eigenvalue weighted by molar-refractivity contribution is 0.0941. The number of carbonyl (C=O) groups excluding carboxylic acids is 1. The Kier molecular flexibility index (Phi) is 4.55. The first-order valence-electron chi connectivity index (χ1n) is 7.81. The van der Waals surface area contributed by atoms with Crippen LogP contribution in [0.25, 0.3) is 10.9 Å². The predicted molar refractivity (Wildman–Crippen MR) is 97.2 cm³/mol. The fourth-order valence-electron chi connectivity index (χ4n) is 2.65. The van der Waals surface area contributed by atoms with Crippen LogP contribution in [-0.2, 0) is 9.84 Å². The summed E-state index contributed by atoms with van der Waals surface area (Å²) < 4.78 is 23.0. The number of rotatable bonds is 4. The molecule has 1 heterocycles. The summed E-state index contributed by atoms with van der Waals surface area (Å²) in [6.07, 6.45) is 2.83. The average molecular weight is 354 g/mol. The van der Waals surface area contributed by atoms with Crippen molar-refractivity contribution in [1.29, 1.82) is 0 Å². The zero-order chi connectivity index (χ0) is 18.0. The number of benzene rings is 2. The minimum Gasteiger partial charge on any atom is -0.345 e. The van der Waals surface area contributed by atoms with Crippen LogP contribution in [-0.4, -0.2) is 25.6 Å². The van der Waals surface area contributed by atoms with Crippen LogP contribution in [0, 0.1) is 0 Å². The van der Waals surface area contributed by atoms with Crippen molar-refractivity contribution in [2.24, 2.45) is 0 Å². The van der Waals surface area contributed by atoms with Crippen molar-refractivity contribution in [3.63, 3.8) is 0 Å². The molecule has 1 aromatic heterocycles. The van der Waals surface area contributed by atoms with Crippen molar-refractivity contribution in [2.75, 3.05) is 6.26 Å². The lowest BCUT2D eigenvalue weighted by Gasteiger charge is -2.15. The molecular weight excluding hydrogens is 336 g/mol. The quantitative estimate of drug-likeness (QED) is 0.781. The number of hydrogen-bond acceptors (Lipinski definition) is 4. The third-order valence-corrected chi connectivity index (χ3v) is 5.16. The molecule has 0 radical (unpaired) electrons. The van der Waals surface area contributed by atoms with Crippen molar-refractivity contribution in [3.05, 3.63) is 71.9 Å². The van der Waals surface area contributed by atoms with Gasteiger partial charge < -0.3 is 5.32 Å². The minimum atomic E-state index is -3.23. The Morgan fingerprint density at radius 3 is 2.40 bits per heavy atom. The van der Waals surface area contributed by atoms with Gasteiger partial charge in [-0.25, -0.2) is 8.42 Å². The van der Waals surface area contributed by atoms with Crippen LogP contribution in [0.5, 0.6) is 0 Å². The van der Waals surface area contributed by atoms with Crippen molar-refractivity contribution in [3.8, 4) is 0 Å². The molecule has 25 heavy (non-hydrogen) atoms. The van der Waals surface area contributed by atoms with Gasteiger partial charge in [0.15, 0.2) is 9.84 Å². The Morgan fingerprint density at radius 1 is 1.04 bits per heavy atom. The number of nitrogens with zero attached hydrogens (tertiary/aromatic N) is 1. The molecule has 0 saturated carbocycles. The molecule has 0 unspecified atom stereocenters. The van der Waals surface area contributed by atoms with E-state index in [1.807, 2.05) is 31.2 Å². The Bertz CT molecular complexity index is 1020. The number of fused-ring (bicyclic) bond motifs is 1. The number of hydrogen-bond donors (Lipinski definition) is 1. The third kappa shape index (κ3) is 3.69. The molecule has 0 aliphatic rings. The maximum absolute atomic E-state index is 12.6. The Balaban J connectivity index is 1.82. The van der Waals surface area contributed by atoms with E-state index in [4.69, 9.17) is 0 Å². The van der Waals surface area contributed by atoms with E-state index in [1.165, 1.54) is 6.26 Å². The normalized spacial score (nSPS) is 12.7. The van der Waals surface area contributed by atoms with Crippen LogP contribution in [0.15, 0.2) is 65.7 Å². The van der Waals surface area contributed by atoms with Crippen molar-refractivity contribution in [1.82, 2.24) is 10.3 Å². The molecule has 0 bridgehead atoms.